The van der Waals surface area contributed by atoms with Crippen LogP contribution in [0.25, 0.3) is 0 Å². The van der Waals surface area contributed by atoms with E-state index in [-0.39, 0.29) is 0 Å². The van der Waals surface area contributed by atoms with Crippen molar-refractivity contribution < 1.29 is 0 Å². The summed E-state index contributed by atoms with van der Waals surface area (Å²) in [5, 5.41) is 0. The molecule has 0 aliphatic rings. The Balaban J connectivity index is 3.69. The highest BCUT2D eigenvalue weighted by molar-refractivity contribution is 4.68. The highest BCUT2D eigenvalue weighted by Crippen LogP contribution is 2.29. The first-order chi connectivity index (χ1) is 9.19. The highest BCUT2D eigenvalue weighted by atomic mass is 14.2. The van der Waals surface area contributed by atoms with Crippen LogP contribution in [0.3, 0.4) is 0 Å². The third-order valence-corrected chi connectivity index (χ3v) is 5.09. The van der Waals surface area contributed by atoms with E-state index in [2.05, 4.69) is 34.6 Å². The van der Waals surface area contributed by atoms with Gasteiger partial charge in [-0.1, -0.05) is 105 Å². The van der Waals surface area contributed by atoms with Crippen LogP contribution in [0.15, 0.2) is 0 Å². The lowest BCUT2D eigenvalue weighted by Gasteiger charge is -2.25. The van der Waals surface area contributed by atoms with E-state index >= 15 is 0 Å². The first kappa shape index (κ1) is 19.0. The molecule has 0 nitrogen and oxygen atoms in total. The van der Waals surface area contributed by atoms with Gasteiger partial charge in [-0.25, -0.2) is 0 Å². The van der Waals surface area contributed by atoms with Crippen molar-refractivity contribution in [3.63, 3.8) is 0 Å². The fourth-order valence-electron chi connectivity index (χ4n) is 3.40. The van der Waals surface area contributed by atoms with E-state index in [0.717, 1.165) is 17.8 Å². The van der Waals surface area contributed by atoms with Gasteiger partial charge in [-0.3, -0.25) is 0 Å². The van der Waals surface area contributed by atoms with Gasteiger partial charge in [0.2, 0.25) is 0 Å². The molecular weight excluding hydrogens is 228 g/mol. The lowest BCUT2D eigenvalue weighted by atomic mass is 9.81. The van der Waals surface area contributed by atoms with E-state index in [1.54, 1.807) is 0 Å². The minimum absolute atomic E-state index is 0.942. The normalized spacial score (nSPS) is 14.8. The van der Waals surface area contributed by atoms with Crippen LogP contribution in [0, 0.1) is 17.8 Å². The van der Waals surface area contributed by atoms with Crippen molar-refractivity contribution in [2.75, 3.05) is 0 Å². The van der Waals surface area contributed by atoms with Gasteiger partial charge in [0.15, 0.2) is 0 Å². The molecule has 0 heteroatoms. The molecule has 0 aromatic heterocycles. The monoisotopic (exact) mass is 268 g/mol. The average Bonchev–Trinajstić information content (AvgIpc) is 2.43. The average molecular weight is 269 g/mol. The first-order valence-corrected chi connectivity index (χ1v) is 9.19. The molecule has 0 rings (SSSR count). The Labute approximate surface area is 123 Å². The predicted octanol–water partition coefficient (Wildman–Crippen LogP) is 7.23. The molecule has 0 saturated heterocycles. The number of unbranched alkanes of at least 4 members (excludes halogenated alkanes) is 3. The van der Waals surface area contributed by atoms with Crippen LogP contribution in [0.5, 0.6) is 0 Å². The zero-order valence-electron chi connectivity index (χ0n) is 14.5. The molecule has 0 aromatic rings. The Kier molecular flexibility index (Phi) is 13.0. The molecule has 0 saturated carbocycles. The van der Waals surface area contributed by atoms with E-state index < -0.39 is 0 Å². The highest BCUT2D eigenvalue weighted by Gasteiger charge is 2.16. The Morgan fingerprint density at radius 2 is 1.16 bits per heavy atom. The summed E-state index contributed by atoms with van der Waals surface area (Å²) >= 11 is 0. The van der Waals surface area contributed by atoms with E-state index in [1.807, 2.05) is 0 Å². The van der Waals surface area contributed by atoms with Gasteiger partial charge in [-0.2, -0.15) is 0 Å². The SMILES string of the molecule is CCCC(CCCCCCC(C)CC)C(CC)CC. The summed E-state index contributed by atoms with van der Waals surface area (Å²) in [6.45, 7) is 11.8. The van der Waals surface area contributed by atoms with Gasteiger partial charge in [-0.15, -0.1) is 0 Å². The van der Waals surface area contributed by atoms with Crippen LogP contribution < -0.4 is 0 Å². The summed E-state index contributed by atoms with van der Waals surface area (Å²) in [5.74, 6) is 2.94. The topological polar surface area (TPSA) is 0 Å². The molecule has 0 bridgehead atoms. The van der Waals surface area contributed by atoms with Gasteiger partial charge in [0.25, 0.3) is 0 Å². The molecule has 2 unspecified atom stereocenters. The van der Waals surface area contributed by atoms with Crippen molar-refractivity contribution in [3.05, 3.63) is 0 Å². The fraction of sp³-hybridized carbons (Fsp3) is 1.00. The summed E-state index contributed by atoms with van der Waals surface area (Å²) in [6, 6.07) is 0. The largest absolute Gasteiger partial charge is 0.0654 e. The Morgan fingerprint density at radius 3 is 1.63 bits per heavy atom. The molecule has 0 fully saturated rings. The van der Waals surface area contributed by atoms with Gasteiger partial charge in [0.05, 0.1) is 0 Å². The van der Waals surface area contributed by atoms with Crippen molar-refractivity contribution >= 4 is 0 Å². The Bertz CT molecular complexity index is 169. The smallest absolute Gasteiger partial charge is 0.0386 e. The Morgan fingerprint density at radius 1 is 0.579 bits per heavy atom. The third kappa shape index (κ3) is 9.52. The minimum Gasteiger partial charge on any atom is -0.0654 e. The molecule has 0 N–H and O–H groups in total. The van der Waals surface area contributed by atoms with Gasteiger partial charge < -0.3 is 0 Å². The lowest BCUT2D eigenvalue weighted by Crippen LogP contribution is -2.13. The predicted molar refractivity (Wildman–Crippen MR) is 89.6 cm³/mol. The maximum atomic E-state index is 2.39. The second-order valence-electron chi connectivity index (χ2n) is 6.63. The maximum Gasteiger partial charge on any atom is -0.0386 e. The number of rotatable bonds is 13. The molecule has 0 spiro atoms. The van der Waals surface area contributed by atoms with Crippen LogP contribution in [0.2, 0.25) is 0 Å². The molecule has 0 aliphatic heterocycles. The van der Waals surface area contributed by atoms with Crippen LogP contribution in [-0.2, 0) is 0 Å². The van der Waals surface area contributed by atoms with Crippen LogP contribution >= 0.6 is 0 Å². The third-order valence-electron chi connectivity index (χ3n) is 5.09. The molecule has 0 aromatic carbocycles. The molecule has 0 amide bonds. The lowest BCUT2D eigenvalue weighted by molar-refractivity contribution is 0.267. The first-order valence-electron chi connectivity index (χ1n) is 9.19. The minimum atomic E-state index is 0.942. The van der Waals surface area contributed by atoms with Gasteiger partial charge >= 0.3 is 0 Å². The number of hydrogen-bond acceptors (Lipinski definition) is 0. The molecule has 0 radical (unpaired) electrons. The zero-order chi connectivity index (χ0) is 14.5. The molecule has 2 atom stereocenters. The van der Waals surface area contributed by atoms with E-state index in [9.17, 15) is 0 Å². The quantitative estimate of drug-likeness (QED) is 0.309. The molecule has 19 heavy (non-hydrogen) atoms. The van der Waals surface area contributed by atoms with Crippen molar-refractivity contribution in [1.82, 2.24) is 0 Å². The summed E-state index contributed by atoms with van der Waals surface area (Å²) in [7, 11) is 0. The maximum absolute atomic E-state index is 2.39. The van der Waals surface area contributed by atoms with Crippen molar-refractivity contribution in [2.24, 2.45) is 17.8 Å². The van der Waals surface area contributed by atoms with Crippen molar-refractivity contribution in [3.8, 4) is 0 Å². The number of hydrogen-bond donors (Lipinski definition) is 0. The van der Waals surface area contributed by atoms with E-state index in [0.29, 0.717) is 0 Å². The fourth-order valence-corrected chi connectivity index (χ4v) is 3.40. The molecule has 0 heterocycles. The van der Waals surface area contributed by atoms with Crippen LogP contribution in [0.4, 0.5) is 0 Å². The Hall–Kier alpha value is 0. The molecular formula is C19H40. The molecule has 116 valence electrons. The van der Waals surface area contributed by atoms with Gasteiger partial charge in [-0.05, 0) is 17.8 Å². The summed E-state index contributed by atoms with van der Waals surface area (Å²) in [6.07, 6.45) is 15.7. The standard InChI is InChI=1S/C19H40/c1-6-14-19(18(8-3)9-4)16-13-11-10-12-15-17(5)7-2/h17-19H,6-16H2,1-5H3. The second-order valence-corrected chi connectivity index (χ2v) is 6.63. The summed E-state index contributed by atoms with van der Waals surface area (Å²) in [5.41, 5.74) is 0. The second kappa shape index (κ2) is 13.0. The van der Waals surface area contributed by atoms with E-state index in [1.165, 1.54) is 70.6 Å². The van der Waals surface area contributed by atoms with Crippen LogP contribution in [-0.4, -0.2) is 0 Å². The molecule has 0 aliphatic carbocycles. The van der Waals surface area contributed by atoms with Gasteiger partial charge in [0.1, 0.15) is 0 Å². The zero-order valence-corrected chi connectivity index (χ0v) is 14.5. The van der Waals surface area contributed by atoms with Crippen molar-refractivity contribution in [2.45, 2.75) is 105 Å². The van der Waals surface area contributed by atoms with Crippen LogP contribution in [0.1, 0.15) is 105 Å². The summed E-state index contributed by atoms with van der Waals surface area (Å²) in [4.78, 5) is 0. The van der Waals surface area contributed by atoms with Gasteiger partial charge in [0, 0.05) is 0 Å². The van der Waals surface area contributed by atoms with E-state index in [4.69, 9.17) is 0 Å². The summed E-state index contributed by atoms with van der Waals surface area (Å²) < 4.78 is 0. The van der Waals surface area contributed by atoms with Crippen molar-refractivity contribution in [1.29, 1.82) is 0 Å².